The van der Waals surface area contributed by atoms with Gasteiger partial charge in [0.15, 0.2) is 5.71 Å². The summed E-state index contributed by atoms with van der Waals surface area (Å²) in [6.45, 7) is 0.524. The van der Waals surface area contributed by atoms with Crippen molar-refractivity contribution in [2.45, 2.75) is 50.8 Å². The van der Waals surface area contributed by atoms with Gasteiger partial charge in [0.25, 0.3) is 5.91 Å². The van der Waals surface area contributed by atoms with Gasteiger partial charge in [-0.05, 0) is 36.5 Å². The summed E-state index contributed by atoms with van der Waals surface area (Å²) in [5.41, 5.74) is -4.57. The van der Waals surface area contributed by atoms with Crippen molar-refractivity contribution in [2.24, 2.45) is 10.6 Å². The van der Waals surface area contributed by atoms with Crippen LogP contribution in [0.15, 0.2) is 59.8 Å². The number of para-hydroxylation sites is 1. The molecule has 188 valence electrons. The summed E-state index contributed by atoms with van der Waals surface area (Å²) in [6.07, 6.45) is 4.26. The normalized spacial score (nSPS) is 19.3. The molecule has 2 aromatic carbocycles. The van der Waals surface area contributed by atoms with E-state index in [2.05, 4.69) is 5.16 Å². The van der Waals surface area contributed by atoms with Crippen molar-refractivity contribution in [3.63, 3.8) is 0 Å². The number of piperidine rings is 1. The van der Waals surface area contributed by atoms with Gasteiger partial charge in [0.1, 0.15) is 6.61 Å². The smallest absolute Gasteiger partial charge is 0.391 e. The second-order valence-corrected chi connectivity index (χ2v) is 10.5. The molecule has 0 radical (unpaired) electrons. The first-order valence-corrected chi connectivity index (χ1v) is 12.8. The van der Waals surface area contributed by atoms with Crippen molar-refractivity contribution in [1.29, 1.82) is 0 Å². The van der Waals surface area contributed by atoms with Gasteiger partial charge in [-0.2, -0.15) is 21.6 Å². The fraction of sp³-hybridized carbons (Fsp3) is 0.417. The SMILES string of the molecule is O=C1/C(=N/OCc2ccccc2)C2(CCCC2)CCN1Cc1ccccc1NS(=O)(=O)C(F)(F)F. The molecule has 1 saturated carbocycles. The summed E-state index contributed by atoms with van der Waals surface area (Å²) in [6, 6.07) is 15.1. The standard InChI is InChI=1S/C24H26F3N3O4S/c25-24(26,27)35(32,33)29-20-11-5-4-10-19(20)16-30-15-14-23(12-6-7-13-23)21(22(30)31)28-34-17-18-8-2-1-3-9-18/h1-5,8-11,29H,6-7,12-17H2/b28-21-. The van der Waals surface area contributed by atoms with Crippen LogP contribution < -0.4 is 4.72 Å². The van der Waals surface area contributed by atoms with E-state index >= 15 is 0 Å². The van der Waals surface area contributed by atoms with Crippen molar-refractivity contribution in [1.82, 2.24) is 4.90 Å². The highest BCUT2D eigenvalue weighted by Gasteiger charge is 2.48. The Morgan fingerprint density at radius 1 is 1.00 bits per heavy atom. The van der Waals surface area contributed by atoms with Crippen LogP contribution in [0.3, 0.4) is 0 Å². The maximum Gasteiger partial charge on any atom is 0.516 e. The molecule has 0 atom stereocenters. The number of anilines is 1. The molecule has 2 aromatic rings. The van der Waals surface area contributed by atoms with Gasteiger partial charge in [-0.15, -0.1) is 0 Å². The van der Waals surface area contributed by atoms with E-state index in [1.54, 1.807) is 10.8 Å². The lowest BCUT2D eigenvalue weighted by molar-refractivity contribution is -0.127. The molecule has 2 fully saturated rings. The maximum atomic E-state index is 13.5. The average Bonchev–Trinajstić information content (AvgIpc) is 3.28. The number of hydrogen-bond donors (Lipinski definition) is 1. The summed E-state index contributed by atoms with van der Waals surface area (Å²) in [7, 11) is -5.59. The van der Waals surface area contributed by atoms with E-state index in [1.165, 1.54) is 23.1 Å². The molecule has 1 spiro atoms. The van der Waals surface area contributed by atoms with Crippen LogP contribution >= 0.6 is 0 Å². The Morgan fingerprint density at radius 2 is 1.66 bits per heavy atom. The van der Waals surface area contributed by atoms with Gasteiger partial charge in [-0.3, -0.25) is 9.52 Å². The first-order valence-electron chi connectivity index (χ1n) is 11.3. The molecule has 1 saturated heterocycles. The van der Waals surface area contributed by atoms with Crippen LogP contribution in [0.25, 0.3) is 0 Å². The number of benzene rings is 2. The van der Waals surface area contributed by atoms with E-state index in [9.17, 15) is 26.4 Å². The van der Waals surface area contributed by atoms with Gasteiger partial charge in [0.05, 0.1) is 5.69 Å². The molecule has 1 aliphatic carbocycles. The summed E-state index contributed by atoms with van der Waals surface area (Å²) in [5.74, 6) is -0.348. The number of rotatable bonds is 7. The number of carbonyl (C=O) groups is 1. The molecule has 1 N–H and O–H groups in total. The van der Waals surface area contributed by atoms with Crippen LogP contribution in [-0.2, 0) is 32.8 Å². The lowest BCUT2D eigenvalue weighted by Gasteiger charge is -2.39. The van der Waals surface area contributed by atoms with E-state index in [0.29, 0.717) is 18.7 Å². The fourth-order valence-corrected chi connectivity index (χ4v) is 5.29. The zero-order valence-corrected chi connectivity index (χ0v) is 19.7. The summed E-state index contributed by atoms with van der Waals surface area (Å²) in [4.78, 5) is 20.5. The van der Waals surface area contributed by atoms with Gasteiger partial charge in [-0.1, -0.05) is 66.5 Å². The van der Waals surface area contributed by atoms with Crippen molar-refractivity contribution < 1.29 is 31.2 Å². The number of likely N-dealkylation sites (tertiary alicyclic amines) is 1. The van der Waals surface area contributed by atoms with Gasteiger partial charge in [0.2, 0.25) is 0 Å². The lowest BCUT2D eigenvalue weighted by atomic mass is 9.75. The number of alkyl halides is 3. The first-order chi connectivity index (χ1) is 16.6. The predicted octanol–water partition coefficient (Wildman–Crippen LogP) is 4.81. The Labute approximate surface area is 202 Å². The fourth-order valence-electron chi connectivity index (χ4n) is 4.68. The second-order valence-electron chi connectivity index (χ2n) is 8.87. The third kappa shape index (κ3) is 5.44. The molecule has 7 nitrogen and oxygen atoms in total. The summed E-state index contributed by atoms with van der Waals surface area (Å²) >= 11 is 0. The second kappa shape index (κ2) is 9.88. The number of nitrogens with zero attached hydrogens (tertiary/aromatic N) is 2. The number of halogens is 3. The van der Waals surface area contributed by atoms with Crippen molar-refractivity contribution in [3.05, 3.63) is 65.7 Å². The molecule has 0 unspecified atom stereocenters. The Kier molecular flexibility index (Phi) is 7.07. The minimum Gasteiger partial charge on any atom is -0.391 e. The molecule has 1 heterocycles. The highest BCUT2D eigenvalue weighted by molar-refractivity contribution is 7.93. The first kappa shape index (κ1) is 25.0. The van der Waals surface area contributed by atoms with Crippen LogP contribution in [0.5, 0.6) is 0 Å². The molecule has 4 rings (SSSR count). The minimum absolute atomic E-state index is 0.0663. The summed E-state index contributed by atoms with van der Waals surface area (Å²) < 4.78 is 63.5. The van der Waals surface area contributed by atoms with Crippen LogP contribution in [-0.4, -0.2) is 37.0 Å². The molecule has 11 heteroatoms. The van der Waals surface area contributed by atoms with Crippen molar-refractivity contribution >= 4 is 27.3 Å². The van der Waals surface area contributed by atoms with E-state index in [0.717, 1.165) is 31.2 Å². The highest BCUT2D eigenvalue weighted by atomic mass is 32.2. The average molecular weight is 510 g/mol. The number of nitrogens with one attached hydrogen (secondary N) is 1. The van der Waals surface area contributed by atoms with E-state index < -0.39 is 15.5 Å². The topological polar surface area (TPSA) is 88.1 Å². The molecule has 35 heavy (non-hydrogen) atoms. The number of sulfonamides is 1. The monoisotopic (exact) mass is 509 g/mol. The molecule has 2 aliphatic rings. The van der Waals surface area contributed by atoms with Crippen molar-refractivity contribution in [3.8, 4) is 0 Å². The Hall–Kier alpha value is -3.08. The molecule has 0 aromatic heterocycles. The Bertz CT molecular complexity index is 1190. The van der Waals surface area contributed by atoms with Gasteiger partial charge >= 0.3 is 15.5 Å². The molecule has 1 amide bonds. The minimum atomic E-state index is -5.59. The summed E-state index contributed by atoms with van der Waals surface area (Å²) in [5, 5.41) is 4.27. The number of oxime groups is 1. The Balaban J connectivity index is 1.55. The zero-order valence-electron chi connectivity index (χ0n) is 18.9. The van der Waals surface area contributed by atoms with Gasteiger partial charge in [-0.25, -0.2) is 0 Å². The molecular formula is C24H26F3N3O4S. The van der Waals surface area contributed by atoms with E-state index in [4.69, 9.17) is 4.84 Å². The maximum absolute atomic E-state index is 13.5. The van der Waals surface area contributed by atoms with Crippen LogP contribution in [0.1, 0.15) is 43.2 Å². The third-order valence-corrected chi connectivity index (χ3v) is 7.67. The van der Waals surface area contributed by atoms with Gasteiger partial charge in [0, 0.05) is 18.5 Å². The molecule has 1 aliphatic heterocycles. The van der Waals surface area contributed by atoms with Crippen molar-refractivity contribution in [2.75, 3.05) is 11.3 Å². The zero-order chi connectivity index (χ0) is 25.1. The number of amides is 1. The van der Waals surface area contributed by atoms with Crippen LogP contribution in [0.4, 0.5) is 18.9 Å². The number of carbonyl (C=O) groups excluding carboxylic acids is 1. The third-order valence-electron chi connectivity index (χ3n) is 6.57. The molecular weight excluding hydrogens is 483 g/mol. The molecule has 0 bridgehead atoms. The largest absolute Gasteiger partial charge is 0.516 e. The lowest BCUT2D eigenvalue weighted by Crippen LogP contribution is -2.51. The Morgan fingerprint density at radius 3 is 2.34 bits per heavy atom. The van der Waals surface area contributed by atoms with E-state index in [1.807, 2.05) is 30.3 Å². The number of hydrogen-bond acceptors (Lipinski definition) is 5. The van der Waals surface area contributed by atoms with Crippen LogP contribution in [0, 0.1) is 5.41 Å². The highest BCUT2D eigenvalue weighted by Crippen LogP contribution is 2.45. The van der Waals surface area contributed by atoms with E-state index in [-0.39, 0.29) is 35.7 Å². The van der Waals surface area contributed by atoms with Gasteiger partial charge < -0.3 is 9.74 Å². The quantitative estimate of drug-likeness (QED) is 0.543. The predicted molar refractivity (Wildman–Crippen MR) is 125 cm³/mol. The van der Waals surface area contributed by atoms with Crippen LogP contribution in [0.2, 0.25) is 0 Å².